The molecule has 2 saturated carbocycles. The Hall–Kier alpha value is -0.590. The predicted molar refractivity (Wildman–Crippen MR) is 32.8 cm³/mol. The summed E-state index contributed by atoms with van der Waals surface area (Å²) in [7, 11) is 0. The van der Waals surface area contributed by atoms with Crippen LogP contribution >= 0.6 is 0 Å². The fourth-order valence-corrected chi connectivity index (χ4v) is 2.45. The molecule has 2 fully saturated rings. The lowest BCUT2D eigenvalue weighted by atomic mass is 9.70. The Balaban J connectivity index is 2.13. The summed E-state index contributed by atoms with van der Waals surface area (Å²) in [5.41, 5.74) is 0.208. The van der Waals surface area contributed by atoms with Crippen molar-refractivity contribution >= 4 is 5.78 Å². The molecule has 0 aromatic rings. The van der Waals surface area contributed by atoms with E-state index >= 15 is 0 Å². The van der Waals surface area contributed by atoms with Crippen molar-refractivity contribution in [3.8, 4) is 0 Å². The first kappa shape index (κ1) is 4.26. The molecular weight excluding hydrogens is 112 g/mol. The van der Waals surface area contributed by atoms with Crippen molar-refractivity contribution in [2.24, 2.45) is 17.3 Å². The fourth-order valence-electron chi connectivity index (χ4n) is 2.45. The van der Waals surface area contributed by atoms with E-state index in [0.29, 0.717) is 17.6 Å². The highest BCUT2D eigenvalue weighted by Gasteiger charge is 2.70. The average molecular weight is 120 g/mol. The average Bonchev–Trinajstić information content (AvgIpc) is 2.52. The molecule has 1 spiro atoms. The number of carbonyl (C=O) groups is 1. The standard InChI is InChI=1S/C8H8O/c9-7-3-5-1-2-6-4-8(5,6)7/h1-2,5-6H,3-4H2/t5-,6-,8+/m0/s1. The summed E-state index contributed by atoms with van der Waals surface area (Å²) in [5.74, 6) is 1.86. The third-order valence-electron chi connectivity index (χ3n) is 3.22. The summed E-state index contributed by atoms with van der Waals surface area (Å²) in [6.07, 6.45) is 6.48. The van der Waals surface area contributed by atoms with Crippen LogP contribution < -0.4 is 0 Å². The van der Waals surface area contributed by atoms with Crippen molar-refractivity contribution in [1.29, 1.82) is 0 Å². The summed E-state index contributed by atoms with van der Waals surface area (Å²) in [6, 6.07) is 0. The monoisotopic (exact) mass is 120 g/mol. The Kier molecular flexibility index (Phi) is 0.425. The van der Waals surface area contributed by atoms with E-state index in [1.807, 2.05) is 0 Å². The zero-order valence-corrected chi connectivity index (χ0v) is 5.13. The van der Waals surface area contributed by atoms with Gasteiger partial charge in [0, 0.05) is 11.8 Å². The molecule has 3 atom stereocenters. The lowest BCUT2D eigenvalue weighted by Crippen LogP contribution is -2.37. The maximum atomic E-state index is 11.0. The van der Waals surface area contributed by atoms with E-state index in [4.69, 9.17) is 0 Å². The van der Waals surface area contributed by atoms with Gasteiger partial charge in [0.25, 0.3) is 0 Å². The molecule has 46 valence electrons. The fraction of sp³-hybridized carbons (Fsp3) is 0.625. The third kappa shape index (κ3) is 0.251. The molecule has 3 aliphatic carbocycles. The van der Waals surface area contributed by atoms with E-state index in [2.05, 4.69) is 12.2 Å². The van der Waals surface area contributed by atoms with Gasteiger partial charge in [0.2, 0.25) is 0 Å². The Morgan fingerprint density at radius 2 is 2.22 bits per heavy atom. The SMILES string of the molecule is O=C1C[C@@H]2C=C[C@H]3C[C@@]123. The zero-order valence-electron chi connectivity index (χ0n) is 5.13. The van der Waals surface area contributed by atoms with Crippen molar-refractivity contribution in [3.63, 3.8) is 0 Å². The number of hydrogen-bond donors (Lipinski definition) is 0. The highest BCUT2D eigenvalue weighted by molar-refractivity contribution is 5.96. The first-order chi connectivity index (χ1) is 4.34. The molecule has 0 aromatic carbocycles. The minimum atomic E-state index is 0.208. The van der Waals surface area contributed by atoms with Gasteiger partial charge in [-0.1, -0.05) is 12.2 Å². The highest BCUT2D eigenvalue weighted by atomic mass is 16.1. The van der Waals surface area contributed by atoms with Crippen LogP contribution in [0.15, 0.2) is 12.2 Å². The van der Waals surface area contributed by atoms with Gasteiger partial charge in [-0.25, -0.2) is 0 Å². The largest absolute Gasteiger partial charge is 0.299 e. The van der Waals surface area contributed by atoms with Gasteiger partial charge in [0.1, 0.15) is 5.78 Å². The second kappa shape index (κ2) is 0.898. The van der Waals surface area contributed by atoms with Gasteiger partial charge in [-0.2, -0.15) is 0 Å². The van der Waals surface area contributed by atoms with Gasteiger partial charge in [-0.05, 0) is 18.3 Å². The number of allylic oxidation sites excluding steroid dienone is 2. The molecule has 0 amide bonds. The van der Waals surface area contributed by atoms with Gasteiger partial charge in [0.05, 0.1) is 0 Å². The van der Waals surface area contributed by atoms with E-state index < -0.39 is 0 Å². The second-order valence-corrected chi connectivity index (χ2v) is 3.47. The third-order valence-corrected chi connectivity index (χ3v) is 3.22. The van der Waals surface area contributed by atoms with Gasteiger partial charge < -0.3 is 0 Å². The van der Waals surface area contributed by atoms with Crippen LogP contribution in [0.2, 0.25) is 0 Å². The van der Waals surface area contributed by atoms with Crippen molar-refractivity contribution < 1.29 is 4.79 Å². The van der Waals surface area contributed by atoms with Gasteiger partial charge >= 0.3 is 0 Å². The lowest BCUT2D eigenvalue weighted by Gasteiger charge is -2.31. The minimum absolute atomic E-state index is 0.208. The molecule has 9 heavy (non-hydrogen) atoms. The van der Waals surface area contributed by atoms with Gasteiger partial charge in [0.15, 0.2) is 0 Å². The number of hydrogen-bond acceptors (Lipinski definition) is 1. The van der Waals surface area contributed by atoms with Crippen LogP contribution in [0.5, 0.6) is 0 Å². The molecule has 0 aliphatic heterocycles. The van der Waals surface area contributed by atoms with E-state index in [1.54, 1.807) is 0 Å². The summed E-state index contributed by atoms with van der Waals surface area (Å²) in [6.45, 7) is 0. The zero-order chi connectivity index (χ0) is 6.06. The van der Waals surface area contributed by atoms with Crippen LogP contribution in [-0.2, 0) is 4.79 Å². The molecule has 3 rings (SSSR count). The summed E-state index contributed by atoms with van der Waals surface area (Å²) in [5, 5.41) is 0. The van der Waals surface area contributed by atoms with Crippen LogP contribution in [-0.4, -0.2) is 5.78 Å². The molecule has 3 aliphatic rings. The van der Waals surface area contributed by atoms with Gasteiger partial charge in [-0.15, -0.1) is 0 Å². The number of carbonyl (C=O) groups excluding carboxylic acids is 1. The molecule has 0 radical (unpaired) electrons. The van der Waals surface area contributed by atoms with Crippen molar-refractivity contribution in [1.82, 2.24) is 0 Å². The maximum absolute atomic E-state index is 11.0. The Bertz CT molecular complexity index is 229. The molecule has 1 nitrogen and oxygen atoms in total. The van der Waals surface area contributed by atoms with Crippen molar-refractivity contribution in [2.75, 3.05) is 0 Å². The van der Waals surface area contributed by atoms with Gasteiger partial charge in [-0.3, -0.25) is 4.79 Å². The number of ketones is 1. The highest BCUT2D eigenvalue weighted by Crippen LogP contribution is 2.70. The van der Waals surface area contributed by atoms with E-state index in [-0.39, 0.29) is 5.41 Å². The van der Waals surface area contributed by atoms with E-state index in [9.17, 15) is 4.79 Å². The number of rotatable bonds is 0. The van der Waals surface area contributed by atoms with Crippen LogP contribution in [0.25, 0.3) is 0 Å². The minimum Gasteiger partial charge on any atom is -0.299 e. The molecule has 0 aromatic heterocycles. The predicted octanol–water partition coefficient (Wildman–Crippen LogP) is 1.15. The summed E-state index contributed by atoms with van der Waals surface area (Å²) in [4.78, 5) is 11.0. The van der Waals surface area contributed by atoms with E-state index in [1.165, 1.54) is 6.42 Å². The van der Waals surface area contributed by atoms with Crippen molar-refractivity contribution in [3.05, 3.63) is 12.2 Å². The smallest absolute Gasteiger partial charge is 0.140 e. The Morgan fingerprint density at radius 3 is 2.67 bits per heavy atom. The van der Waals surface area contributed by atoms with Crippen LogP contribution in [0.3, 0.4) is 0 Å². The molecule has 1 heteroatoms. The first-order valence-corrected chi connectivity index (χ1v) is 3.56. The molecule has 0 N–H and O–H groups in total. The summed E-state index contributed by atoms with van der Waals surface area (Å²) >= 11 is 0. The first-order valence-electron chi connectivity index (χ1n) is 3.56. The molecule has 0 unspecified atom stereocenters. The second-order valence-electron chi connectivity index (χ2n) is 3.47. The topological polar surface area (TPSA) is 17.1 Å². The molecule has 0 heterocycles. The van der Waals surface area contributed by atoms with Crippen LogP contribution in [0.1, 0.15) is 12.8 Å². The maximum Gasteiger partial charge on any atom is 0.140 e. The van der Waals surface area contributed by atoms with Crippen LogP contribution in [0.4, 0.5) is 0 Å². The molecule has 0 saturated heterocycles. The van der Waals surface area contributed by atoms with Crippen LogP contribution in [0, 0.1) is 17.3 Å². The molecular formula is C8H8O. The van der Waals surface area contributed by atoms with E-state index in [0.717, 1.165) is 6.42 Å². The van der Waals surface area contributed by atoms with Crippen molar-refractivity contribution in [2.45, 2.75) is 12.8 Å². The quantitative estimate of drug-likeness (QED) is 0.438. The Morgan fingerprint density at radius 1 is 1.44 bits per heavy atom. The normalized spacial score (nSPS) is 58.4. The Labute approximate surface area is 53.7 Å². The lowest BCUT2D eigenvalue weighted by molar-refractivity contribution is -0.134. The molecule has 0 bridgehead atoms. The number of Topliss-reactive ketones (excluding diaryl/α,β-unsaturated/α-hetero) is 1. The summed E-state index contributed by atoms with van der Waals surface area (Å²) < 4.78 is 0.